The van der Waals surface area contributed by atoms with Crippen LogP contribution in [0.25, 0.3) is 0 Å². The van der Waals surface area contributed by atoms with Crippen LogP contribution in [0.4, 0.5) is 15.8 Å². The van der Waals surface area contributed by atoms with Gasteiger partial charge in [-0.25, -0.2) is 4.39 Å². The van der Waals surface area contributed by atoms with Crippen LogP contribution < -0.4 is 16.0 Å². The number of halogens is 1. The fourth-order valence-electron chi connectivity index (χ4n) is 2.98. The van der Waals surface area contributed by atoms with Crippen LogP contribution in [0.5, 0.6) is 0 Å². The van der Waals surface area contributed by atoms with Gasteiger partial charge in [-0.2, -0.15) is 0 Å². The molecule has 0 radical (unpaired) electrons. The van der Waals surface area contributed by atoms with Gasteiger partial charge in [0.25, 0.3) is 11.8 Å². The van der Waals surface area contributed by atoms with Crippen molar-refractivity contribution in [3.05, 3.63) is 59.4 Å². The Morgan fingerprint density at radius 3 is 2.66 bits per heavy atom. The normalized spacial score (nSPS) is 17.7. The summed E-state index contributed by atoms with van der Waals surface area (Å²) in [6, 6.07) is 10.8. The Morgan fingerprint density at radius 2 is 2.03 bits per heavy atom. The average Bonchev–Trinajstić information content (AvgIpc) is 2.68. The van der Waals surface area contributed by atoms with Crippen molar-refractivity contribution >= 4 is 29.0 Å². The number of morpholine rings is 1. The smallest absolute Gasteiger partial charge is 0.259 e. The van der Waals surface area contributed by atoms with Gasteiger partial charge in [0, 0.05) is 17.9 Å². The Hall–Kier alpha value is -3.30. The van der Waals surface area contributed by atoms with Crippen molar-refractivity contribution in [1.29, 1.82) is 5.41 Å². The Balaban J connectivity index is 1.71. The molecule has 152 valence electrons. The number of rotatable bonds is 5. The third-order valence-electron chi connectivity index (χ3n) is 4.55. The number of amidine groups is 1. The summed E-state index contributed by atoms with van der Waals surface area (Å²) < 4.78 is 19.3. The molecule has 5 N–H and O–H groups in total. The highest BCUT2D eigenvalue weighted by Gasteiger charge is 2.39. The fraction of sp³-hybridized carbons (Fsp3) is 0.250. The van der Waals surface area contributed by atoms with Crippen molar-refractivity contribution in [3.63, 3.8) is 0 Å². The average molecular weight is 400 g/mol. The number of nitrogens with zero attached hydrogens (tertiary/aromatic N) is 1. The van der Waals surface area contributed by atoms with Gasteiger partial charge in [0.05, 0.1) is 12.2 Å². The SMILES string of the molecule is Cc1ccc(N2CCO[C@H]([C@@H](O)C(=O)Nc3ccc(C(=N)N)c(F)c3)C2=O)cc1. The Labute approximate surface area is 166 Å². The van der Waals surface area contributed by atoms with Crippen LogP contribution in [0.3, 0.4) is 0 Å². The summed E-state index contributed by atoms with van der Waals surface area (Å²) in [5, 5.41) is 20.0. The summed E-state index contributed by atoms with van der Waals surface area (Å²) in [6.07, 6.45) is -3.17. The third kappa shape index (κ3) is 4.41. The molecule has 1 saturated heterocycles. The molecular formula is C20H21FN4O4. The van der Waals surface area contributed by atoms with Gasteiger partial charge in [0.1, 0.15) is 11.7 Å². The first-order chi connectivity index (χ1) is 13.8. The summed E-state index contributed by atoms with van der Waals surface area (Å²) in [4.78, 5) is 26.6. The molecule has 1 aliphatic heterocycles. The maximum absolute atomic E-state index is 13.9. The molecule has 2 amide bonds. The zero-order valence-corrected chi connectivity index (χ0v) is 15.7. The van der Waals surface area contributed by atoms with E-state index in [2.05, 4.69) is 5.32 Å². The zero-order valence-electron chi connectivity index (χ0n) is 15.7. The molecule has 1 aliphatic rings. The Bertz CT molecular complexity index is 948. The molecule has 29 heavy (non-hydrogen) atoms. The van der Waals surface area contributed by atoms with Crippen LogP contribution in [0.15, 0.2) is 42.5 Å². The van der Waals surface area contributed by atoms with Gasteiger partial charge in [-0.15, -0.1) is 0 Å². The van der Waals surface area contributed by atoms with Crippen molar-refractivity contribution in [2.45, 2.75) is 19.1 Å². The number of nitrogens with two attached hydrogens (primary N) is 1. The molecule has 9 heteroatoms. The lowest BCUT2D eigenvalue weighted by Crippen LogP contribution is -2.55. The first-order valence-electron chi connectivity index (χ1n) is 8.90. The lowest BCUT2D eigenvalue weighted by molar-refractivity contribution is -0.150. The van der Waals surface area contributed by atoms with Crippen LogP contribution >= 0.6 is 0 Å². The molecule has 1 fully saturated rings. The van der Waals surface area contributed by atoms with Crippen LogP contribution in [-0.4, -0.2) is 48.1 Å². The number of anilines is 2. The molecule has 0 aromatic heterocycles. The summed E-state index contributed by atoms with van der Waals surface area (Å²) in [6.45, 7) is 2.37. The van der Waals surface area contributed by atoms with E-state index >= 15 is 0 Å². The molecule has 2 aromatic carbocycles. The van der Waals surface area contributed by atoms with Gasteiger partial charge >= 0.3 is 0 Å². The predicted octanol–water partition coefficient (Wildman–Crippen LogP) is 1.15. The minimum absolute atomic E-state index is 0.0511. The number of hydrogen-bond donors (Lipinski definition) is 4. The number of nitrogen functional groups attached to an aromatic ring is 1. The minimum Gasteiger partial charge on any atom is -0.384 e. The second-order valence-corrected chi connectivity index (χ2v) is 6.66. The topological polar surface area (TPSA) is 129 Å². The molecule has 0 saturated carbocycles. The lowest BCUT2D eigenvalue weighted by Gasteiger charge is -2.34. The van der Waals surface area contributed by atoms with Gasteiger partial charge in [-0.3, -0.25) is 15.0 Å². The van der Waals surface area contributed by atoms with E-state index < -0.39 is 35.7 Å². The first kappa shape index (κ1) is 20.4. The number of carbonyl (C=O) groups excluding carboxylic acids is 2. The van der Waals surface area contributed by atoms with Crippen molar-refractivity contribution in [3.8, 4) is 0 Å². The standard InChI is InChI=1S/C20H21FN4O4/c1-11-2-5-13(6-3-11)25-8-9-29-17(20(25)28)16(26)19(27)24-12-4-7-14(18(22)23)15(21)10-12/h2-7,10,16-17,26H,8-9H2,1H3,(H3,22,23)(H,24,27)/t16-,17-/m1/s1. The first-order valence-corrected chi connectivity index (χ1v) is 8.90. The third-order valence-corrected chi connectivity index (χ3v) is 4.55. The second-order valence-electron chi connectivity index (χ2n) is 6.66. The molecule has 2 atom stereocenters. The van der Waals surface area contributed by atoms with Crippen LogP contribution in [0.2, 0.25) is 0 Å². The lowest BCUT2D eigenvalue weighted by atomic mass is 10.1. The predicted molar refractivity (Wildman–Crippen MR) is 105 cm³/mol. The fourth-order valence-corrected chi connectivity index (χ4v) is 2.98. The number of aryl methyl sites for hydroxylation is 1. The van der Waals surface area contributed by atoms with E-state index in [4.69, 9.17) is 15.9 Å². The molecule has 3 rings (SSSR count). The Morgan fingerprint density at radius 1 is 1.34 bits per heavy atom. The largest absolute Gasteiger partial charge is 0.384 e. The number of amides is 2. The van der Waals surface area contributed by atoms with E-state index in [0.29, 0.717) is 12.2 Å². The minimum atomic E-state index is -1.79. The highest BCUT2D eigenvalue weighted by molar-refractivity contribution is 6.04. The summed E-state index contributed by atoms with van der Waals surface area (Å²) in [5.41, 5.74) is 6.87. The summed E-state index contributed by atoms with van der Waals surface area (Å²) >= 11 is 0. The Kier molecular flexibility index (Phi) is 5.90. The molecule has 0 unspecified atom stereocenters. The van der Waals surface area contributed by atoms with Crippen molar-refractivity contribution < 1.29 is 23.8 Å². The van der Waals surface area contributed by atoms with Crippen molar-refractivity contribution in [1.82, 2.24) is 0 Å². The molecule has 0 bridgehead atoms. The second kappa shape index (κ2) is 8.38. The van der Waals surface area contributed by atoms with Gasteiger partial charge in [-0.1, -0.05) is 17.7 Å². The van der Waals surface area contributed by atoms with E-state index in [1.807, 2.05) is 19.1 Å². The number of aliphatic hydroxyl groups excluding tert-OH is 1. The molecule has 2 aromatic rings. The summed E-state index contributed by atoms with van der Waals surface area (Å²) in [5.74, 6) is -2.69. The highest BCUT2D eigenvalue weighted by atomic mass is 19.1. The van der Waals surface area contributed by atoms with E-state index in [0.717, 1.165) is 11.6 Å². The number of ether oxygens (including phenoxy) is 1. The molecule has 8 nitrogen and oxygen atoms in total. The van der Waals surface area contributed by atoms with E-state index in [1.165, 1.54) is 17.0 Å². The van der Waals surface area contributed by atoms with E-state index in [-0.39, 0.29) is 17.9 Å². The highest BCUT2D eigenvalue weighted by Crippen LogP contribution is 2.22. The number of hydrogen-bond acceptors (Lipinski definition) is 5. The number of nitrogens with one attached hydrogen (secondary N) is 2. The van der Waals surface area contributed by atoms with Crippen LogP contribution in [0.1, 0.15) is 11.1 Å². The summed E-state index contributed by atoms with van der Waals surface area (Å²) in [7, 11) is 0. The van der Waals surface area contributed by atoms with E-state index in [1.54, 1.807) is 12.1 Å². The maximum Gasteiger partial charge on any atom is 0.259 e. The van der Waals surface area contributed by atoms with Gasteiger partial charge in [-0.05, 0) is 37.3 Å². The molecule has 0 spiro atoms. The van der Waals surface area contributed by atoms with Crippen LogP contribution in [-0.2, 0) is 14.3 Å². The van der Waals surface area contributed by atoms with Gasteiger partial charge in [0.2, 0.25) is 0 Å². The monoisotopic (exact) mass is 400 g/mol. The number of carbonyl (C=O) groups is 2. The van der Waals surface area contributed by atoms with Gasteiger partial charge in [0.15, 0.2) is 12.2 Å². The number of benzene rings is 2. The van der Waals surface area contributed by atoms with E-state index in [9.17, 15) is 19.1 Å². The zero-order chi connectivity index (χ0) is 21.1. The molecule has 1 heterocycles. The van der Waals surface area contributed by atoms with Crippen molar-refractivity contribution in [2.24, 2.45) is 5.73 Å². The quantitative estimate of drug-likeness (QED) is 0.442. The van der Waals surface area contributed by atoms with Gasteiger partial charge < -0.3 is 25.8 Å². The number of aliphatic hydroxyl groups is 1. The van der Waals surface area contributed by atoms with Crippen molar-refractivity contribution in [2.75, 3.05) is 23.4 Å². The maximum atomic E-state index is 13.9. The molecular weight excluding hydrogens is 379 g/mol. The molecule has 0 aliphatic carbocycles. The van der Waals surface area contributed by atoms with Crippen LogP contribution in [0, 0.1) is 18.2 Å².